The SMILES string of the molecule is Cc1ccccc1C1CC(NCC(=O)NC(C)(C)C)C1. The summed E-state index contributed by atoms with van der Waals surface area (Å²) in [7, 11) is 0. The Balaban J connectivity index is 1.72. The molecule has 0 aromatic heterocycles. The van der Waals surface area contributed by atoms with Gasteiger partial charge < -0.3 is 10.6 Å². The van der Waals surface area contributed by atoms with Gasteiger partial charge in [-0.2, -0.15) is 0 Å². The Kier molecular flexibility index (Phi) is 4.48. The van der Waals surface area contributed by atoms with Crippen LogP contribution in [0.2, 0.25) is 0 Å². The largest absolute Gasteiger partial charge is 0.350 e. The van der Waals surface area contributed by atoms with Gasteiger partial charge in [-0.15, -0.1) is 0 Å². The topological polar surface area (TPSA) is 41.1 Å². The monoisotopic (exact) mass is 274 g/mol. The number of hydrogen-bond donors (Lipinski definition) is 2. The van der Waals surface area contributed by atoms with E-state index in [-0.39, 0.29) is 11.4 Å². The van der Waals surface area contributed by atoms with E-state index in [0.29, 0.717) is 18.5 Å². The van der Waals surface area contributed by atoms with E-state index in [1.54, 1.807) is 0 Å². The first-order chi connectivity index (χ1) is 9.35. The standard InChI is InChI=1S/C17H26N2O/c1-12-7-5-6-8-15(12)13-9-14(10-13)18-11-16(20)19-17(2,3)4/h5-8,13-14,18H,9-11H2,1-4H3,(H,19,20). The van der Waals surface area contributed by atoms with Crippen molar-refractivity contribution in [3.63, 3.8) is 0 Å². The van der Waals surface area contributed by atoms with Gasteiger partial charge in [0.05, 0.1) is 6.54 Å². The lowest BCUT2D eigenvalue weighted by Crippen LogP contribution is -2.49. The first kappa shape index (κ1) is 15.0. The molecule has 0 heterocycles. The molecule has 0 saturated heterocycles. The van der Waals surface area contributed by atoms with E-state index in [9.17, 15) is 4.79 Å². The third kappa shape index (κ3) is 4.07. The Labute approximate surface area is 122 Å². The number of amides is 1. The van der Waals surface area contributed by atoms with Crippen LogP contribution in [0.5, 0.6) is 0 Å². The lowest BCUT2D eigenvalue weighted by atomic mass is 9.74. The van der Waals surface area contributed by atoms with Crippen LogP contribution in [0, 0.1) is 6.92 Å². The average Bonchev–Trinajstić information content (AvgIpc) is 2.26. The Hall–Kier alpha value is -1.35. The van der Waals surface area contributed by atoms with Crippen molar-refractivity contribution in [2.75, 3.05) is 6.54 Å². The van der Waals surface area contributed by atoms with E-state index in [1.165, 1.54) is 11.1 Å². The first-order valence-electron chi connectivity index (χ1n) is 7.45. The van der Waals surface area contributed by atoms with Crippen molar-refractivity contribution >= 4 is 5.91 Å². The summed E-state index contributed by atoms with van der Waals surface area (Å²) in [5.41, 5.74) is 2.69. The van der Waals surface area contributed by atoms with E-state index in [2.05, 4.69) is 41.8 Å². The number of aryl methyl sites for hydroxylation is 1. The molecule has 0 atom stereocenters. The molecule has 1 fully saturated rings. The maximum Gasteiger partial charge on any atom is 0.234 e. The zero-order valence-electron chi connectivity index (χ0n) is 13.0. The normalized spacial score (nSPS) is 22.2. The van der Waals surface area contributed by atoms with Crippen LogP contribution in [0.25, 0.3) is 0 Å². The highest BCUT2D eigenvalue weighted by Crippen LogP contribution is 2.38. The van der Waals surface area contributed by atoms with Crippen molar-refractivity contribution in [2.24, 2.45) is 0 Å². The number of carbonyl (C=O) groups excluding carboxylic acids is 1. The Morgan fingerprint density at radius 3 is 2.50 bits per heavy atom. The number of benzene rings is 1. The van der Waals surface area contributed by atoms with Gasteiger partial charge in [-0.1, -0.05) is 24.3 Å². The maximum atomic E-state index is 11.7. The number of nitrogens with one attached hydrogen (secondary N) is 2. The Bertz CT molecular complexity index is 470. The maximum absolute atomic E-state index is 11.7. The van der Waals surface area contributed by atoms with Crippen LogP contribution in [0.3, 0.4) is 0 Å². The second-order valence-electron chi connectivity index (χ2n) is 6.90. The molecule has 1 amide bonds. The van der Waals surface area contributed by atoms with Crippen molar-refractivity contribution in [1.29, 1.82) is 0 Å². The van der Waals surface area contributed by atoms with Gasteiger partial charge in [-0.3, -0.25) is 4.79 Å². The van der Waals surface area contributed by atoms with Crippen molar-refractivity contribution in [1.82, 2.24) is 10.6 Å². The van der Waals surface area contributed by atoms with Gasteiger partial charge >= 0.3 is 0 Å². The van der Waals surface area contributed by atoms with E-state index < -0.39 is 0 Å². The molecule has 1 aromatic carbocycles. The summed E-state index contributed by atoms with van der Waals surface area (Å²) in [6.45, 7) is 8.60. The van der Waals surface area contributed by atoms with Gasteiger partial charge in [0.2, 0.25) is 5.91 Å². The molecule has 3 heteroatoms. The zero-order chi connectivity index (χ0) is 14.8. The minimum absolute atomic E-state index is 0.0804. The molecule has 0 aliphatic heterocycles. The van der Waals surface area contributed by atoms with E-state index in [4.69, 9.17) is 0 Å². The zero-order valence-corrected chi connectivity index (χ0v) is 13.0. The van der Waals surface area contributed by atoms with Crippen molar-refractivity contribution in [3.8, 4) is 0 Å². The molecule has 0 bridgehead atoms. The van der Waals surface area contributed by atoms with Crippen molar-refractivity contribution in [2.45, 2.75) is 58.0 Å². The lowest BCUT2D eigenvalue weighted by molar-refractivity contribution is -0.121. The first-order valence-corrected chi connectivity index (χ1v) is 7.45. The summed E-state index contributed by atoms with van der Waals surface area (Å²) in [6.07, 6.45) is 2.27. The van der Waals surface area contributed by atoms with Crippen LogP contribution < -0.4 is 10.6 Å². The number of rotatable bonds is 4. The highest BCUT2D eigenvalue weighted by molar-refractivity contribution is 5.78. The second-order valence-corrected chi connectivity index (χ2v) is 6.90. The van der Waals surface area contributed by atoms with E-state index in [0.717, 1.165) is 12.8 Å². The van der Waals surface area contributed by atoms with Crippen LogP contribution >= 0.6 is 0 Å². The van der Waals surface area contributed by atoms with Gasteiger partial charge in [0.1, 0.15) is 0 Å². The molecule has 0 spiro atoms. The minimum Gasteiger partial charge on any atom is -0.350 e. The molecule has 1 aliphatic rings. The molecule has 2 N–H and O–H groups in total. The van der Waals surface area contributed by atoms with Crippen molar-refractivity contribution < 1.29 is 4.79 Å². The fourth-order valence-electron chi connectivity index (χ4n) is 2.78. The average molecular weight is 274 g/mol. The van der Waals surface area contributed by atoms with Gasteiger partial charge in [0.25, 0.3) is 0 Å². The van der Waals surface area contributed by atoms with Crippen LogP contribution in [0.4, 0.5) is 0 Å². The summed E-state index contributed by atoms with van der Waals surface area (Å²) >= 11 is 0. The van der Waals surface area contributed by atoms with E-state index in [1.807, 2.05) is 20.8 Å². The second kappa shape index (κ2) is 5.96. The summed E-state index contributed by atoms with van der Waals surface area (Å²) < 4.78 is 0. The quantitative estimate of drug-likeness (QED) is 0.886. The number of hydrogen-bond acceptors (Lipinski definition) is 2. The Morgan fingerprint density at radius 1 is 1.25 bits per heavy atom. The van der Waals surface area contributed by atoms with Gasteiger partial charge in [0.15, 0.2) is 0 Å². The molecule has 110 valence electrons. The molecule has 0 unspecified atom stereocenters. The summed E-state index contributed by atoms with van der Waals surface area (Å²) in [5, 5.41) is 6.32. The molecule has 20 heavy (non-hydrogen) atoms. The van der Waals surface area contributed by atoms with Gasteiger partial charge in [0, 0.05) is 11.6 Å². The lowest BCUT2D eigenvalue weighted by Gasteiger charge is -2.37. The summed E-state index contributed by atoms with van der Waals surface area (Å²) in [5.74, 6) is 0.733. The third-order valence-corrected chi connectivity index (χ3v) is 3.83. The molecule has 1 saturated carbocycles. The minimum atomic E-state index is -0.151. The molecule has 2 rings (SSSR count). The van der Waals surface area contributed by atoms with Gasteiger partial charge in [-0.05, 0) is 57.6 Å². The third-order valence-electron chi connectivity index (χ3n) is 3.83. The highest BCUT2D eigenvalue weighted by atomic mass is 16.2. The molecule has 1 aromatic rings. The smallest absolute Gasteiger partial charge is 0.234 e. The van der Waals surface area contributed by atoms with Crippen molar-refractivity contribution in [3.05, 3.63) is 35.4 Å². The Morgan fingerprint density at radius 2 is 1.90 bits per heavy atom. The van der Waals surface area contributed by atoms with Gasteiger partial charge in [-0.25, -0.2) is 0 Å². The molecule has 0 radical (unpaired) electrons. The predicted octanol–water partition coefficient (Wildman–Crippen LogP) is 2.75. The molecular formula is C17H26N2O. The fourth-order valence-corrected chi connectivity index (χ4v) is 2.78. The molecule has 3 nitrogen and oxygen atoms in total. The molecular weight excluding hydrogens is 248 g/mol. The van der Waals surface area contributed by atoms with Crippen LogP contribution in [-0.4, -0.2) is 24.0 Å². The summed E-state index contributed by atoms with van der Waals surface area (Å²) in [6, 6.07) is 9.07. The highest BCUT2D eigenvalue weighted by Gasteiger charge is 2.31. The predicted molar refractivity (Wildman–Crippen MR) is 82.8 cm³/mol. The summed E-state index contributed by atoms with van der Waals surface area (Å²) in [4.78, 5) is 11.7. The fraction of sp³-hybridized carbons (Fsp3) is 0.588. The molecule has 1 aliphatic carbocycles. The van der Waals surface area contributed by atoms with Crippen LogP contribution in [0.1, 0.15) is 50.7 Å². The van der Waals surface area contributed by atoms with E-state index >= 15 is 0 Å². The van der Waals surface area contributed by atoms with Crippen LogP contribution in [0.15, 0.2) is 24.3 Å². The number of carbonyl (C=O) groups is 1. The van der Waals surface area contributed by atoms with Crippen LogP contribution in [-0.2, 0) is 4.79 Å².